The van der Waals surface area contributed by atoms with Crippen LogP contribution in [0, 0.1) is 0 Å². The summed E-state index contributed by atoms with van der Waals surface area (Å²) in [5.74, 6) is 1.10. The fraction of sp³-hybridized carbons (Fsp3) is 0.133. The topological polar surface area (TPSA) is 77.8 Å². The zero-order valence-electron chi connectivity index (χ0n) is 12.1. The first-order chi connectivity index (χ1) is 10.7. The van der Waals surface area contributed by atoms with Crippen molar-refractivity contribution in [2.24, 2.45) is 0 Å². The minimum atomic E-state index is -0.306. The molecular formula is C15H14N4O3. The van der Waals surface area contributed by atoms with Crippen LogP contribution in [-0.2, 0) is 0 Å². The number of pyridine rings is 1. The van der Waals surface area contributed by atoms with Crippen LogP contribution in [0.25, 0.3) is 5.65 Å². The Hall–Kier alpha value is -3.09. The quantitative estimate of drug-likeness (QED) is 0.797. The second-order valence-corrected chi connectivity index (χ2v) is 4.48. The van der Waals surface area contributed by atoms with E-state index >= 15 is 0 Å². The van der Waals surface area contributed by atoms with Crippen LogP contribution in [0.3, 0.4) is 0 Å². The van der Waals surface area contributed by atoms with E-state index in [4.69, 9.17) is 9.47 Å². The number of carbonyl (C=O) groups is 1. The molecule has 7 nitrogen and oxygen atoms in total. The highest BCUT2D eigenvalue weighted by Gasteiger charge is 2.13. The van der Waals surface area contributed by atoms with E-state index in [0.717, 1.165) is 0 Å². The Balaban J connectivity index is 1.88. The molecule has 0 saturated heterocycles. The van der Waals surface area contributed by atoms with Gasteiger partial charge in [-0.1, -0.05) is 6.07 Å². The lowest BCUT2D eigenvalue weighted by Crippen LogP contribution is -2.14. The number of carbonyl (C=O) groups excluding carboxylic acids is 1. The number of rotatable bonds is 4. The normalized spacial score (nSPS) is 10.5. The first-order valence-corrected chi connectivity index (χ1v) is 6.56. The third-order valence-electron chi connectivity index (χ3n) is 3.18. The summed E-state index contributed by atoms with van der Waals surface area (Å²) in [6, 6.07) is 10.4. The van der Waals surface area contributed by atoms with E-state index in [-0.39, 0.29) is 5.91 Å². The number of nitrogens with zero attached hydrogens (tertiary/aromatic N) is 3. The molecule has 112 valence electrons. The molecule has 0 aliphatic heterocycles. The number of aromatic nitrogens is 3. The molecule has 3 aromatic rings. The molecule has 0 aliphatic carbocycles. The minimum Gasteiger partial charge on any atom is -0.493 e. The average Bonchev–Trinajstić information content (AvgIpc) is 2.97. The molecule has 0 spiro atoms. The number of hydrogen-bond donors (Lipinski definition) is 1. The number of methoxy groups -OCH3 is 2. The van der Waals surface area contributed by atoms with E-state index in [0.29, 0.717) is 28.7 Å². The Morgan fingerprint density at radius 1 is 1.09 bits per heavy atom. The van der Waals surface area contributed by atoms with Crippen molar-refractivity contribution in [1.82, 2.24) is 14.6 Å². The predicted molar refractivity (Wildman–Crippen MR) is 80.5 cm³/mol. The molecule has 0 unspecified atom stereocenters. The van der Waals surface area contributed by atoms with Gasteiger partial charge in [0, 0.05) is 11.8 Å². The fourth-order valence-electron chi connectivity index (χ4n) is 2.08. The summed E-state index contributed by atoms with van der Waals surface area (Å²) >= 11 is 0. The zero-order chi connectivity index (χ0) is 15.5. The largest absolute Gasteiger partial charge is 0.493 e. The molecule has 1 aromatic carbocycles. The van der Waals surface area contributed by atoms with E-state index in [1.54, 1.807) is 42.0 Å². The number of anilines is 1. The number of nitrogens with one attached hydrogen (secondary N) is 1. The smallest absolute Gasteiger partial charge is 0.258 e. The molecule has 0 radical (unpaired) electrons. The molecule has 3 rings (SSSR count). The lowest BCUT2D eigenvalue weighted by Gasteiger charge is -2.09. The first-order valence-electron chi connectivity index (χ1n) is 6.56. The van der Waals surface area contributed by atoms with Gasteiger partial charge in [0.25, 0.3) is 5.91 Å². The van der Waals surface area contributed by atoms with Gasteiger partial charge in [-0.25, -0.2) is 0 Å². The van der Waals surface area contributed by atoms with Crippen molar-refractivity contribution < 1.29 is 14.3 Å². The monoisotopic (exact) mass is 298 g/mol. The van der Waals surface area contributed by atoms with Gasteiger partial charge in [0.2, 0.25) is 5.95 Å². The molecule has 1 N–H and O–H groups in total. The van der Waals surface area contributed by atoms with E-state index in [2.05, 4.69) is 15.5 Å². The van der Waals surface area contributed by atoms with Gasteiger partial charge >= 0.3 is 0 Å². The van der Waals surface area contributed by atoms with Crippen molar-refractivity contribution in [3.05, 3.63) is 48.2 Å². The fourth-order valence-corrected chi connectivity index (χ4v) is 2.08. The second kappa shape index (κ2) is 5.72. The number of ether oxygens (including phenoxy) is 2. The van der Waals surface area contributed by atoms with Crippen molar-refractivity contribution in [2.75, 3.05) is 19.5 Å². The number of fused-ring (bicyclic) bond motifs is 1. The summed E-state index contributed by atoms with van der Waals surface area (Å²) in [5, 5.41) is 10.7. The van der Waals surface area contributed by atoms with Crippen LogP contribution in [0.5, 0.6) is 11.5 Å². The molecule has 7 heteroatoms. The molecule has 2 aromatic heterocycles. The van der Waals surface area contributed by atoms with Crippen LogP contribution in [-0.4, -0.2) is 34.7 Å². The van der Waals surface area contributed by atoms with Crippen molar-refractivity contribution >= 4 is 17.5 Å². The highest BCUT2D eigenvalue weighted by atomic mass is 16.5. The van der Waals surface area contributed by atoms with Crippen molar-refractivity contribution in [3.63, 3.8) is 0 Å². The number of benzene rings is 1. The molecule has 0 atom stereocenters. The molecule has 0 bridgehead atoms. The van der Waals surface area contributed by atoms with Crippen molar-refractivity contribution in [3.8, 4) is 11.5 Å². The van der Waals surface area contributed by atoms with E-state index in [1.807, 2.05) is 12.1 Å². The van der Waals surface area contributed by atoms with Gasteiger partial charge in [-0.05, 0) is 30.3 Å². The summed E-state index contributed by atoms with van der Waals surface area (Å²) in [7, 11) is 3.06. The Bertz CT molecular complexity index is 829. The Morgan fingerprint density at radius 3 is 2.68 bits per heavy atom. The second-order valence-electron chi connectivity index (χ2n) is 4.48. The van der Waals surface area contributed by atoms with Crippen LogP contribution in [0.1, 0.15) is 10.4 Å². The highest BCUT2D eigenvalue weighted by molar-refractivity contribution is 6.03. The van der Waals surface area contributed by atoms with E-state index in [9.17, 15) is 4.79 Å². The molecule has 0 fully saturated rings. The number of amides is 1. The van der Waals surface area contributed by atoms with Crippen LogP contribution >= 0.6 is 0 Å². The van der Waals surface area contributed by atoms with E-state index < -0.39 is 0 Å². The maximum absolute atomic E-state index is 12.3. The van der Waals surface area contributed by atoms with Gasteiger partial charge in [0.05, 0.1) is 14.2 Å². The summed E-state index contributed by atoms with van der Waals surface area (Å²) < 4.78 is 12.0. The van der Waals surface area contributed by atoms with Gasteiger partial charge in [0.1, 0.15) is 0 Å². The van der Waals surface area contributed by atoms with Gasteiger partial charge in [-0.15, -0.1) is 10.2 Å². The Labute approximate surface area is 126 Å². The third-order valence-corrected chi connectivity index (χ3v) is 3.18. The summed E-state index contributed by atoms with van der Waals surface area (Å²) in [4.78, 5) is 12.3. The lowest BCUT2D eigenvalue weighted by molar-refractivity contribution is 0.102. The maximum atomic E-state index is 12.3. The van der Waals surface area contributed by atoms with Crippen LogP contribution < -0.4 is 14.8 Å². The molecule has 1 amide bonds. The SMILES string of the molecule is COc1ccc(C(=O)Nc2nnc3ccccn23)cc1OC. The van der Waals surface area contributed by atoms with Crippen LogP contribution in [0.15, 0.2) is 42.6 Å². The number of hydrogen-bond acceptors (Lipinski definition) is 5. The molecule has 2 heterocycles. The standard InChI is InChI=1S/C15H14N4O3/c1-21-11-7-6-10(9-12(11)22-2)14(20)16-15-18-17-13-5-3-4-8-19(13)15/h3-9H,1-2H3,(H,16,18,20). The summed E-state index contributed by atoms with van der Waals surface area (Å²) in [6.45, 7) is 0. The highest BCUT2D eigenvalue weighted by Crippen LogP contribution is 2.27. The van der Waals surface area contributed by atoms with Crippen molar-refractivity contribution in [2.45, 2.75) is 0 Å². The third kappa shape index (κ3) is 2.44. The predicted octanol–water partition coefficient (Wildman–Crippen LogP) is 2.00. The van der Waals surface area contributed by atoms with Gasteiger partial charge in [0.15, 0.2) is 17.1 Å². The average molecular weight is 298 g/mol. The molecule has 22 heavy (non-hydrogen) atoms. The Kier molecular flexibility index (Phi) is 3.61. The lowest BCUT2D eigenvalue weighted by atomic mass is 10.2. The first kappa shape index (κ1) is 13.9. The summed E-state index contributed by atoms with van der Waals surface area (Å²) in [5.41, 5.74) is 1.09. The van der Waals surface area contributed by atoms with E-state index in [1.165, 1.54) is 7.11 Å². The van der Waals surface area contributed by atoms with Crippen molar-refractivity contribution in [1.29, 1.82) is 0 Å². The van der Waals surface area contributed by atoms with Gasteiger partial charge < -0.3 is 9.47 Å². The summed E-state index contributed by atoms with van der Waals surface area (Å²) in [6.07, 6.45) is 1.78. The zero-order valence-corrected chi connectivity index (χ0v) is 12.1. The van der Waals surface area contributed by atoms with Crippen LogP contribution in [0.4, 0.5) is 5.95 Å². The van der Waals surface area contributed by atoms with Crippen LogP contribution in [0.2, 0.25) is 0 Å². The molecule has 0 aliphatic rings. The maximum Gasteiger partial charge on any atom is 0.258 e. The Morgan fingerprint density at radius 2 is 1.91 bits per heavy atom. The molecular weight excluding hydrogens is 284 g/mol. The minimum absolute atomic E-state index is 0.306. The van der Waals surface area contributed by atoms with Gasteiger partial charge in [-0.2, -0.15) is 0 Å². The van der Waals surface area contributed by atoms with Gasteiger partial charge in [-0.3, -0.25) is 14.5 Å². The molecule has 0 saturated carbocycles.